The molecule has 1 aromatic heterocycles. The van der Waals surface area contributed by atoms with Crippen molar-refractivity contribution >= 4 is 28.3 Å². The first-order valence-corrected chi connectivity index (χ1v) is 8.23. The Hall–Kier alpha value is -1.16. The zero-order valence-corrected chi connectivity index (χ0v) is 14.3. The molecule has 1 aliphatic heterocycles. The van der Waals surface area contributed by atoms with Gasteiger partial charge in [0.25, 0.3) is 0 Å². The molecule has 1 saturated heterocycles. The Bertz CT molecular complexity index is 608. The maximum atomic E-state index is 12.3. The minimum atomic E-state index is -3.83. The number of amides is 1. The number of hydrogen-bond donors (Lipinski definition) is 3. The van der Waals surface area contributed by atoms with Gasteiger partial charge in [0.05, 0.1) is 6.04 Å². The van der Waals surface area contributed by atoms with Crippen LogP contribution in [0.4, 0.5) is 0 Å². The highest BCUT2D eigenvalue weighted by Gasteiger charge is 2.28. The summed E-state index contributed by atoms with van der Waals surface area (Å²) in [6, 6.07) is -0.864. The lowest BCUT2D eigenvalue weighted by atomic mass is 10.0. The van der Waals surface area contributed by atoms with E-state index in [0.29, 0.717) is 12.5 Å². The van der Waals surface area contributed by atoms with Crippen molar-refractivity contribution in [3.63, 3.8) is 0 Å². The summed E-state index contributed by atoms with van der Waals surface area (Å²) in [6.45, 7) is 6.86. The fourth-order valence-corrected chi connectivity index (χ4v) is 3.63. The van der Waals surface area contributed by atoms with Crippen LogP contribution in [0, 0.1) is 19.8 Å². The van der Waals surface area contributed by atoms with E-state index < -0.39 is 16.1 Å². The van der Waals surface area contributed by atoms with Crippen molar-refractivity contribution in [1.82, 2.24) is 20.5 Å². The summed E-state index contributed by atoms with van der Waals surface area (Å²) < 4.78 is 31.7. The Labute approximate surface area is 135 Å². The molecule has 0 aromatic carbocycles. The molecule has 0 radical (unpaired) electrons. The molecule has 2 rings (SSSR count). The topological polar surface area (TPSA) is 113 Å². The van der Waals surface area contributed by atoms with Crippen LogP contribution in [0.2, 0.25) is 0 Å². The molecule has 8 nitrogen and oxygen atoms in total. The highest BCUT2D eigenvalue weighted by molar-refractivity contribution is 7.89. The second-order valence-corrected chi connectivity index (χ2v) is 6.92. The third kappa shape index (κ3) is 4.19. The van der Waals surface area contributed by atoms with Crippen LogP contribution in [0.1, 0.15) is 18.4 Å². The zero-order chi connectivity index (χ0) is 15.6. The highest BCUT2D eigenvalue weighted by Crippen LogP contribution is 2.18. The minimum Gasteiger partial charge on any atom is -0.360 e. The van der Waals surface area contributed by atoms with E-state index in [4.69, 9.17) is 4.52 Å². The van der Waals surface area contributed by atoms with Crippen LogP contribution >= 0.6 is 12.4 Å². The number of hydrogen-bond acceptors (Lipinski definition) is 6. The van der Waals surface area contributed by atoms with Gasteiger partial charge in [0.1, 0.15) is 10.6 Å². The van der Waals surface area contributed by atoms with Gasteiger partial charge in [0.2, 0.25) is 15.9 Å². The van der Waals surface area contributed by atoms with Gasteiger partial charge in [-0.15, -0.1) is 12.4 Å². The predicted octanol–water partition coefficient (Wildman–Crippen LogP) is -0.284. The van der Waals surface area contributed by atoms with Crippen molar-refractivity contribution in [2.24, 2.45) is 5.92 Å². The number of sulfonamides is 1. The highest BCUT2D eigenvalue weighted by atomic mass is 35.5. The van der Waals surface area contributed by atoms with Crippen LogP contribution in [0.3, 0.4) is 0 Å². The Kier molecular flexibility index (Phi) is 6.36. The summed E-state index contributed by atoms with van der Waals surface area (Å²) in [5.74, 6) is 0.269. The summed E-state index contributed by atoms with van der Waals surface area (Å²) in [5.41, 5.74) is 0.271. The number of carbonyl (C=O) groups is 1. The number of nitrogens with zero attached hydrogens (tertiary/aromatic N) is 1. The number of carbonyl (C=O) groups excluding carboxylic acids is 1. The molecule has 1 atom stereocenters. The molecule has 10 heteroatoms. The van der Waals surface area contributed by atoms with Crippen molar-refractivity contribution in [2.45, 2.75) is 31.7 Å². The monoisotopic (exact) mass is 352 g/mol. The molecule has 3 N–H and O–H groups in total. The van der Waals surface area contributed by atoms with E-state index in [1.807, 2.05) is 0 Å². The largest absolute Gasteiger partial charge is 0.360 e. The van der Waals surface area contributed by atoms with E-state index in [0.717, 1.165) is 13.1 Å². The van der Waals surface area contributed by atoms with Gasteiger partial charge in [-0.2, -0.15) is 4.72 Å². The summed E-state index contributed by atoms with van der Waals surface area (Å²) in [6.07, 6.45) is 0. The minimum absolute atomic E-state index is 0. The average Bonchev–Trinajstić information content (AvgIpc) is 2.66. The van der Waals surface area contributed by atoms with E-state index >= 15 is 0 Å². The maximum absolute atomic E-state index is 12.3. The molecule has 2 heterocycles. The lowest BCUT2D eigenvalue weighted by Crippen LogP contribution is -2.51. The Morgan fingerprint density at radius 2 is 2.09 bits per heavy atom. The second kappa shape index (κ2) is 7.40. The zero-order valence-electron chi connectivity index (χ0n) is 12.7. The van der Waals surface area contributed by atoms with E-state index in [2.05, 4.69) is 20.5 Å². The second-order valence-electron chi connectivity index (χ2n) is 5.27. The van der Waals surface area contributed by atoms with E-state index in [1.165, 1.54) is 13.8 Å². The molecule has 0 saturated carbocycles. The van der Waals surface area contributed by atoms with E-state index in [1.54, 1.807) is 6.92 Å². The summed E-state index contributed by atoms with van der Waals surface area (Å²) in [4.78, 5) is 11.9. The first kappa shape index (κ1) is 18.9. The van der Waals surface area contributed by atoms with Gasteiger partial charge in [-0.3, -0.25) is 4.79 Å². The third-order valence-electron chi connectivity index (χ3n) is 3.39. The molecule has 1 amide bonds. The van der Waals surface area contributed by atoms with Crippen LogP contribution in [0.25, 0.3) is 0 Å². The van der Waals surface area contributed by atoms with Gasteiger partial charge in [0, 0.05) is 25.6 Å². The number of aromatic nitrogens is 1. The van der Waals surface area contributed by atoms with Crippen LogP contribution in [0.15, 0.2) is 9.42 Å². The number of nitrogens with one attached hydrogen (secondary N) is 3. The molecule has 126 valence electrons. The van der Waals surface area contributed by atoms with Crippen molar-refractivity contribution < 1.29 is 17.7 Å². The van der Waals surface area contributed by atoms with Gasteiger partial charge in [-0.1, -0.05) is 5.16 Å². The van der Waals surface area contributed by atoms with Crippen LogP contribution in [-0.4, -0.2) is 45.2 Å². The predicted molar refractivity (Wildman–Crippen MR) is 82.4 cm³/mol. The van der Waals surface area contributed by atoms with Gasteiger partial charge < -0.3 is 15.2 Å². The number of halogens is 1. The molecule has 0 bridgehead atoms. The summed E-state index contributed by atoms with van der Waals surface area (Å²) >= 11 is 0. The van der Waals surface area contributed by atoms with Crippen molar-refractivity contribution in [1.29, 1.82) is 0 Å². The normalized spacial score (nSPS) is 16.5. The van der Waals surface area contributed by atoms with Gasteiger partial charge in [-0.25, -0.2) is 8.42 Å². The fraction of sp³-hybridized carbons (Fsp3) is 0.667. The lowest BCUT2D eigenvalue weighted by Gasteiger charge is -2.27. The average molecular weight is 353 g/mol. The quantitative estimate of drug-likeness (QED) is 0.648. The van der Waals surface area contributed by atoms with Gasteiger partial charge in [0.15, 0.2) is 5.76 Å². The Morgan fingerprint density at radius 1 is 1.45 bits per heavy atom. The third-order valence-corrected chi connectivity index (χ3v) is 5.18. The van der Waals surface area contributed by atoms with E-state index in [9.17, 15) is 13.2 Å². The number of rotatable bonds is 6. The van der Waals surface area contributed by atoms with Gasteiger partial charge >= 0.3 is 0 Å². The molecule has 1 fully saturated rings. The molecule has 0 spiro atoms. The molecule has 1 aromatic rings. The molecule has 0 aliphatic carbocycles. The maximum Gasteiger partial charge on any atom is 0.246 e. The fourth-order valence-electron chi connectivity index (χ4n) is 2.09. The van der Waals surface area contributed by atoms with Crippen LogP contribution < -0.4 is 15.4 Å². The van der Waals surface area contributed by atoms with E-state index in [-0.39, 0.29) is 34.7 Å². The molecule has 1 aliphatic rings. The smallest absolute Gasteiger partial charge is 0.246 e. The molecule has 1 unspecified atom stereocenters. The molecular weight excluding hydrogens is 332 g/mol. The molecular formula is C12H21ClN4O4S. The molecule has 22 heavy (non-hydrogen) atoms. The standard InChI is InChI=1S/C12H20N4O4S.ClH/c1-7-11(9(3)20-15-7)21(18,19)16-8(2)12(17)14-6-10-4-13-5-10;/h8,10,13,16H,4-6H2,1-3H3,(H,14,17);1H. The van der Waals surface area contributed by atoms with Crippen molar-refractivity contribution in [3.05, 3.63) is 11.5 Å². The summed E-state index contributed by atoms with van der Waals surface area (Å²) in [5, 5.41) is 9.45. The Morgan fingerprint density at radius 3 is 2.55 bits per heavy atom. The first-order valence-electron chi connectivity index (χ1n) is 6.75. The van der Waals surface area contributed by atoms with Crippen molar-refractivity contribution in [2.75, 3.05) is 19.6 Å². The number of aryl methyl sites for hydroxylation is 2. The van der Waals surface area contributed by atoms with Gasteiger partial charge in [-0.05, 0) is 20.8 Å². The summed E-state index contributed by atoms with van der Waals surface area (Å²) in [7, 11) is -3.83. The lowest BCUT2D eigenvalue weighted by molar-refractivity contribution is -0.122. The van der Waals surface area contributed by atoms with Crippen molar-refractivity contribution in [3.8, 4) is 0 Å². The first-order chi connectivity index (χ1) is 9.81. The SMILES string of the molecule is Cc1noc(C)c1S(=O)(=O)NC(C)C(=O)NCC1CNC1.Cl. The van der Waals surface area contributed by atoms with Crippen LogP contribution in [0.5, 0.6) is 0 Å². The van der Waals surface area contributed by atoms with Crippen LogP contribution in [-0.2, 0) is 14.8 Å². The Balaban J connectivity index is 0.00000242.